The van der Waals surface area contributed by atoms with Gasteiger partial charge in [0.05, 0.1) is 19.3 Å². The first kappa shape index (κ1) is 31.9. The summed E-state index contributed by atoms with van der Waals surface area (Å²) in [6, 6.07) is 37.3. The van der Waals surface area contributed by atoms with Crippen molar-refractivity contribution < 1.29 is 14.3 Å². The van der Waals surface area contributed by atoms with Gasteiger partial charge in [-0.2, -0.15) is 0 Å². The Morgan fingerprint density at radius 2 is 1.52 bits per heavy atom. The third kappa shape index (κ3) is 7.08. The molecular weight excluding hydrogens is 624 g/mol. The summed E-state index contributed by atoms with van der Waals surface area (Å²) in [5.41, 5.74) is 5.15. The van der Waals surface area contributed by atoms with Gasteiger partial charge in [0.25, 0.3) is 8.32 Å². The van der Waals surface area contributed by atoms with Gasteiger partial charge in [0, 0.05) is 10.0 Å². The fourth-order valence-electron chi connectivity index (χ4n) is 6.19. The lowest BCUT2D eigenvalue weighted by atomic mass is 9.93. The van der Waals surface area contributed by atoms with Gasteiger partial charge in [-0.1, -0.05) is 140 Å². The number of allylic oxidation sites excluding steroid dienone is 1. The molecule has 0 saturated heterocycles. The van der Waals surface area contributed by atoms with E-state index >= 15 is 0 Å². The Kier molecular flexibility index (Phi) is 10.2. The summed E-state index contributed by atoms with van der Waals surface area (Å²) in [6.07, 6.45) is 5.73. The van der Waals surface area contributed by atoms with Crippen LogP contribution in [0, 0.1) is 0 Å². The van der Waals surface area contributed by atoms with Crippen LogP contribution in [0.5, 0.6) is 5.75 Å². The van der Waals surface area contributed by atoms with Gasteiger partial charge in [0.2, 0.25) is 0 Å². The molecule has 1 aliphatic heterocycles. The van der Waals surface area contributed by atoms with Crippen LogP contribution in [0.2, 0.25) is 5.04 Å². The van der Waals surface area contributed by atoms with Gasteiger partial charge in [0.15, 0.2) is 0 Å². The molecule has 0 fully saturated rings. The van der Waals surface area contributed by atoms with Crippen molar-refractivity contribution in [1.82, 2.24) is 0 Å². The van der Waals surface area contributed by atoms with Crippen molar-refractivity contribution >= 4 is 46.3 Å². The maximum atomic E-state index is 10.6. The van der Waals surface area contributed by atoms with Crippen molar-refractivity contribution in [2.75, 3.05) is 13.2 Å². The highest BCUT2D eigenvalue weighted by atomic mass is 79.9. The fourth-order valence-corrected chi connectivity index (χ4v) is 11.1. The maximum Gasteiger partial charge on any atom is 0.261 e. The molecule has 5 rings (SSSR count). The van der Waals surface area contributed by atoms with Crippen LogP contribution in [-0.2, 0) is 9.16 Å². The molecule has 3 nitrogen and oxygen atoms in total. The first-order valence-electron chi connectivity index (χ1n) is 15.2. The summed E-state index contributed by atoms with van der Waals surface area (Å²) in [7, 11) is -2.68. The molecule has 226 valence electrons. The van der Waals surface area contributed by atoms with Crippen LogP contribution < -0.4 is 10.4 Å². The number of phenolic OH excluding ortho intramolecular Hbond substituents is 1. The lowest BCUT2D eigenvalue weighted by molar-refractivity contribution is 0.117. The summed E-state index contributed by atoms with van der Waals surface area (Å²) in [6.45, 7) is 12.4. The summed E-state index contributed by atoms with van der Waals surface area (Å²) >= 11 is 3.54. The number of rotatable bonds is 11. The Bertz CT molecular complexity index is 1580. The van der Waals surface area contributed by atoms with Crippen LogP contribution in [0.4, 0.5) is 0 Å². The minimum Gasteiger partial charge on any atom is -0.507 e. The predicted octanol–water partition coefficient (Wildman–Crippen LogP) is 8.93. The molecule has 4 aromatic carbocycles. The summed E-state index contributed by atoms with van der Waals surface area (Å²) in [4.78, 5) is 0. The number of hydrogen-bond donors (Lipinski definition) is 1. The van der Waals surface area contributed by atoms with E-state index in [0.717, 1.165) is 45.2 Å². The number of aromatic hydroxyl groups is 1. The van der Waals surface area contributed by atoms with Crippen LogP contribution in [0.3, 0.4) is 0 Å². The molecule has 44 heavy (non-hydrogen) atoms. The Hall–Kier alpha value is -3.48. The average Bonchev–Trinajstić information content (AvgIpc) is 3.51. The number of halogens is 1. The van der Waals surface area contributed by atoms with Gasteiger partial charge >= 0.3 is 0 Å². The molecule has 0 saturated carbocycles. The van der Waals surface area contributed by atoms with E-state index in [1.807, 2.05) is 30.3 Å². The summed E-state index contributed by atoms with van der Waals surface area (Å²) < 4.78 is 14.4. The molecule has 0 bridgehead atoms. The standard InChI is InChI=1S/C39H41BrO3Si/c1-29(28-43-44(39(2,3)4,34-16-10-6-11-17-34)35-18-12-7-13-19-35)36-24-25-42-38(36)23-20-31(30-14-8-5-9-15-30)26-32-27-33(40)21-22-37(32)41/h5-19,21-22,24,26-27,38,41H,1,20,23,25,28H2,2-4H3/b31-26-. The Labute approximate surface area is 271 Å². The quantitative estimate of drug-likeness (QED) is 0.129. The van der Waals surface area contributed by atoms with Crippen molar-refractivity contribution in [3.63, 3.8) is 0 Å². The number of hydrogen-bond acceptors (Lipinski definition) is 3. The zero-order valence-electron chi connectivity index (χ0n) is 25.8. The van der Waals surface area contributed by atoms with Crippen LogP contribution >= 0.6 is 15.9 Å². The first-order chi connectivity index (χ1) is 21.2. The molecule has 5 heteroatoms. The third-order valence-corrected chi connectivity index (χ3v) is 13.9. The molecule has 0 spiro atoms. The number of ether oxygens (including phenoxy) is 1. The van der Waals surface area contributed by atoms with E-state index in [1.165, 1.54) is 10.4 Å². The van der Waals surface area contributed by atoms with Gasteiger partial charge in [-0.3, -0.25) is 0 Å². The van der Waals surface area contributed by atoms with E-state index in [-0.39, 0.29) is 16.9 Å². The van der Waals surface area contributed by atoms with Gasteiger partial charge < -0.3 is 14.3 Å². The predicted molar refractivity (Wildman–Crippen MR) is 190 cm³/mol. The van der Waals surface area contributed by atoms with E-state index in [9.17, 15) is 5.11 Å². The van der Waals surface area contributed by atoms with E-state index in [4.69, 9.17) is 9.16 Å². The number of benzene rings is 4. The largest absolute Gasteiger partial charge is 0.507 e. The lowest BCUT2D eigenvalue weighted by Gasteiger charge is -2.43. The maximum absolute atomic E-state index is 10.6. The molecule has 1 atom stereocenters. The molecule has 1 N–H and O–H groups in total. The molecule has 0 radical (unpaired) electrons. The van der Waals surface area contributed by atoms with Crippen molar-refractivity contribution in [3.8, 4) is 5.75 Å². The Morgan fingerprint density at radius 3 is 2.11 bits per heavy atom. The second-order valence-corrected chi connectivity index (χ2v) is 17.5. The van der Waals surface area contributed by atoms with Crippen LogP contribution in [0.25, 0.3) is 11.6 Å². The minimum absolute atomic E-state index is 0.0755. The highest BCUT2D eigenvalue weighted by molar-refractivity contribution is 9.10. The molecule has 4 aromatic rings. The van der Waals surface area contributed by atoms with Crippen molar-refractivity contribution in [3.05, 3.63) is 149 Å². The smallest absolute Gasteiger partial charge is 0.261 e. The third-order valence-electron chi connectivity index (χ3n) is 8.38. The second-order valence-electron chi connectivity index (χ2n) is 12.3. The lowest BCUT2D eigenvalue weighted by Crippen LogP contribution is -2.66. The van der Waals surface area contributed by atoms with Crippen LogP contribution in [-0.4, -0.2) is 32.7 Å². The van der Waals surface area contributed by atoms with Crippen LogP contribution in [0.1, 0.15) is 44.7 Å². The molecule has 0 aromatic heterocycles. The van der Waals surface area contributed by atoms with Gasteiger partial charge in [-0.05, 0) is 74.8 Å². The average molecular weight is 666 g/mol. The Morgan fingerprint density at radius 1 is 0.932 bits per heavy atom. The SMILES string of the molecule is C=C(CO[Si](c1ccccc1)(c1ccccc1)C(C)(C)C)C1=CCOC1CC/C(=C/c1cc(Br)ccc1O)c1ccccc1. The second kappa shape index (κ2) is 14.1. The van der Waals surface area contributed by atoms with Gasteiger partial charge in [-0.25, -0.2) is 0 Å². The normalized spacial score (nSPS) is 15.7. The molecule has 1 aliphatic rings. The fraction of sp³-hybridized carbons (Fsp3) is 0.231. The van der Waals surface area contributed by atoms with Gasteiger partial charge in [-0.15, -0.1) is 0 Å². The van der Waals surface area contributed by atoms with Crippen LogP contribution in [0.15, 0.2) is 137 Å². The molecule has 1 heterocycles. The van der Waals surface area contributed by atoms with Crippen molar-refractivity contribution in [2.24, 2.45) is 0 Å². The molecule has 0 aliphatic carbocycles. The highest BCUT2D eigenvalue weighted by Crippen LogP contribution is 2.38. The molecule has 0 amide bonds. The van der Waals surface area contributed by atoms with E-state index < -0.39 is 8.32 Å². The van der Waals surface area contributed by atoms with E-state index in [0.29, 0.717) is 13.2 Å². The van der Waals surface area contributed by atoms with E-state index in [2.05, 4.69) is 128 Å². The van der Waals surface area contributed by atoms with Crippen molar-refractivity contribution in [2.45, 2.75) is 44.8 Å². The highest BCUT2D eigenvalue weighted by Gasteiger charge is 2.50. The monoisotopic (exact) mass is 664 g/mol. The summed E-state index contributed by atoms with van der Waals surface area (Å²) in [5, 5.41) is 13.0. The first-order valence-corrected chi connectivity index (χ1v) is 17.9. The van der Waals surface area contributed by atoms with Crippen molar-refractivity contribution in [1.29, 1.82) is 0 Å². The Balaban J connectivity index is 1.37. The minimum atomic E-state index is -2.68. The van der Waals surface area contributed by atoms with E-state index in [1.54, 1.807) is 6.07 Å². The number of phenols is 1. The zero-order valence-corrected chi connectivity index (χ0v) is 28.4. The van der Waals surface area contributed by atoms with Gasteiger partial charge in [0.1, 0.15) is 5.75 Å². The summed E-state index contributed by atoms with van der Waals surface area (Å²) in [5.74, 6) is 0.258. The molecule has 1 unspecified atom stereocenters. The topological polar surface area (TPSA) is 38.7 Å². The zero-order chi connectivity index (χ0) is 31.2. The molecular formula is C39H41BrO3Si.